The van der Waals surface area contributed by atoms with Crippen LogP contribution < -0.4 is 5.73 Å². The molecule has 0 aromatic heterocycles. The van der Waals surface area contributed by atoms with Gasteiger partial charge in [0, 0.05) is 10.6 Å². The van der Waals surface area contributed by atoms with Crippen molar-refractivity contribution in [1.29, 1.82) is 0 Å². The van der Waals surface area contributed by atoms with E-state index in [-0.39, 0.29) is 0 Å². The summed E-state index contributed by atoms with van der Waals surface area (Å²) in [5.74, 6) is -1.67. The molecule has 0 saturated heterocycles. The van der Waals surface area contributed by atoms with Crippen molar-refractivity contribution in [2.24, 2.45) is 5.73 Å². The zero-order valence-electron chi connectivity index (χ0n) is 15.6. The molecule has 0 fully saturated rings. The highest BCUT2D eigenvalue weighted by atomic mass is 35.5. The maximum absolute atomic E-state index is 13.0. The fourth-order valence-electron chi connectivity index (χ4n) is 2.94. The van der Waals surface area contributed by atoms with Crippen LogP contribution in [-0.4, -0.2) is 37.7 Å². The molecule has 3 rings (SSSR count). The third-order valence-corrected chi connectivity index (χ3v) is 7.05. The average molecular weight is 415 g/mol. The summed E-state index contributed by atoms with van der Waals surface area (Å²) in [6.45, 7) is 0. The molecule has 2 aromatic carbocycles. The topological polar surface area (TPSA) is 95.7 Å². The number of nitrogens with two attached hydrogens (primary N) is 1. The van der Waals surface area contributed by atoms with Crippen LogP contribution in [0.5, 0.6) is 0 Å². The highest BCUT2D eigenvalue weighted by molar-refractivity contribution is 7.90. The fourth-order valence-corrected chi connectivity index (χ4v) is 4.27. The first-order valence-corrected chi connectivity index (χ1v) is 10.3. The fraction of sp³-hybridized carbons (Fsp3) is 0.118. The van der Waals surface area contributed by atoms with Gasteiger partial charge in [-0.15, -0.1) is 0 Å². The smallest absolute Gasteiger partial charge is 0.304 e. The normalized spacial score (nSPS) is 20.1. The van der Waals surface area contributed by atoms with Crippen LogP contribution >= 0.6 is 11.6 Å². The van der Waals surface area contributed by atoms with Crippen molar-refractivity contribution >= 4 is 51.0 Å². The number of hydrogen-bond donors (Lipinski definition) is 1. The lowest BCUT2D eigenvalue weighted by Gasteiger charge is -2.26. The van der Waals surface area contributed by atoms with Crippen LogP contribution in [0.1, 0.15) is 11.1 Å². The molecule has 11 heteroatoms. The Balaban J connectivity index is 1.96. The van der Waals surface area contributed by atoms with Gasteiger partial charge in [0.05, 0.1) is 4.55 Å². The lowest BCUT2D eigenvalue weighted by Crippen LogP contribution is -2.40. The predicted molar refractivity (Wildman–Crippen MR) is 114 cm³/mol. The van der Waals surface area contributed by atoms with Crippen LogP contribution in [0, 0.1) is 0 Å². The molecule has 6 nitrogen and oxygen atoms in total. The highest BCUT2D eigenvalue weighted by Crippen LogP contribution is 2.40. The maximum atomic E-state index is 13.0. The third-order valence-electron chi connectivity index (χ3n) is 4.85. The number of ketones is 1. The van der Waals surface area contributed by atoms with Crippen molar-refractivity contribution in [3.8, 4) is 0 Å². The Bertz CT molecular complexity index is 1080. The molecule has 1 aliphatic rings. The Labute approximate surface area is 171 Å². The first kappa shape index (κ1) is 20.4. The standard InChI is InChI=1S/C17H17B3ClNO5S/c18-16(11-8-4-5-9-12(11)21)14(23)13(15(22)26-16)27-28(24,25)17(19,20)10-6-2-1-3-7-10/h1-9H,18-20,22H2. The first-order valence-electron chi connectivity index (χ1n) is 8.49. The molecule has 0 spiro atoms. The largest absolute Gasteiger partial charge is 0.467 e. The number of halogens is 1. The van der Waals surface area contributed by atoms with Crippen molar-refractivity contribution in [2.75, 3.05) is 0 Å². The van der Waals surface area contributed by atoms with Crippen molar-refractivity contribution in [2.45, 2.75) is 10.0 Å². The Morgan fingerprint density at radius 3 is 2.25 bits per heavy atom. The molecule has 1 aliphatic heterocycles. The minimum absolute atomic E-state index is 0.292. The van der Waals surface area contributed by atoms with Gasteiger partial charge in [-0.2, -0.15) is 8.42 Å². The van der Waals surface area contributed by atoms with E-state index in [0.29, 0.717) is 16.1 Å². The van der Waals surface area contributed by atoms with Gasteiger partial charge in [-0.3, -0.25) is 4.79 Å². The molecule has 2 N–H and O–H groups in total. The first-order chi connectivity index (χ1) is 13.0. The molecule has 0 bridgehead atoms. The Morgan fingerprint density at radius 1 is 1.07 bits per heavy atom. The van der Waals surface area contributed by atoms with E-state index in [0.717, 1.165) is 0 Å². The van der Waals surface area contributed by atoms with Gasteiger partial charge < -0.3 is 14.7 Å². The van der Waals surface area contributed by atoms with Gasteiger partial charge in [-0.05, 0) is 11.6 Å². The second-order valence-corrected chi connectivity index (χ2v) is 9.55. The van der Waals surface area contributed by atoms with Gasteiger partial charge in [-0.25, -0.2) is 0 Å². The summed E-state index contributed by atoms with van der Waals surface area (Å²) in [6.07, 6.45) is 0. The van der Waals surface area contributed by atoms with E-state index < -0.39 is 37.6 Å². The van der Waals surface area contributed by atoms with Crippen molar-refractivity contribution in [3.63, 3.8) is 0 Å². The predicted octanol–water partition coefficient (Wildman–Crippen LogP) is -0.724. The summed E-state index contributed by atoms with van der Waals surface area (Å²) in [7, 11) is 0.167. The van der Waals surface area contributed by atoms with Gasteiger partial charge in [0.1, 0.15) is 15.7 Å². The second-order valence-electron chi connectivity index (χ2n) is 7.05. The van der Waals surface area contributed by atoms with E-state index in [4.69, 9.17) is 26.3 Å². The van der Waals surface area contributed by atoms with E-state index in [1.54, 1.807) is 54.6 Å². The number of Topliss-reactive ketones (excluding diaryl/α,β-unsaturated/α-hetero) is 1. The summed E-state index contributed by atoms with van der Waals surface area (Å²) in [4.78, 5) is 13.0. The van der Waals surface area contributed by atoms with Crippen LogP contribution in [0.25, 0.3) is 0 Å². The van der Waals surface area contributed by atoms with Crippen molar-refractivity contribution in [3.05, 3.63) is 82.4 Å². The molecule has 28 heavy (non-hydrogen) atoms. The molecule has 0 amide bonds. The number of benzene rings is 2. The lowest BCUT2D eigenvalue weighted by atomic mass is 9.65. The molecule has 1 unspecified atom stereocenters. The van der Waals surface area contributed by atoms with Crippen molar-refractivity contribution < 1.29 is 22.1 Å². The number of hydrogen-bond acceptors (Lipinski definition) is 6. The molecule has 0 aliphatic carbocycles. The molecule has 1 heterocycles. The van der Waals surface area contributed by atoms with Gasteiger partial charge >= 0.3 is 10.1 Å². The minimum Gasteiger partial charge on any atom is -0.467 e. The van der Waals surface area contributed by atoms with Crippen molar-refractivity contribution in [1.82, 2.24) is 0 Å². The number of carbonyl (C=O) groups is 1. The van der Waals surface area contributed by atoms with Crippen LogP contribution in [-0.2, 0) is 33.9 Å². The van der Waals surface area contributed by atoms with Gasteiger partial charge in [0.15, 0.2) is 13.3 Å². The Kier molecular flexibility index (Phi) is 5.06. The van der Waals surface area contributed by atoms with E-state index in [9.17, 15) is 13.2 Å². The minimum atomic E-state index is -4.28. The highest BCUT2D eigenvalue weighted by Gasteiger charge is 2.51. The maximum Gasteiger partial charge on any atom is 0.304 e. The van der Waals surface area contributed by atoms with Crippen LogP contribution in [0.2, 0.25) is 5.02 Å². The summed E-state index contributed by atoms with van der Waals surface area (Å²) in [5.41, 5.74) is 5.12. The zero-order valence-corrected chi connectivity index (χ0v) is 17.2. The van der Waals surface area contributed by atoms with Crippen LogP contribution in [0.4, 0.5) is 0 Å². The number of ether oxygens (including phenoxy) is 1. The summed E-state index contributed by atoms with van der Waals surface area (Å²) in [5, 5.41) is 0.292. The molecular formula is C17H17B3ClNO5S. The van der Waals surface area contributed by atoms with E-state index >= 15 is 0 Å². The van der Waals surface area contributed by atoms with E-state index in [2.05, 4.69) is 0 Å². The molecule has 2 aromatic rings. The summed E-state index contributed by atoms with van der Waals surface area (Å²) in [6, 6.07) is 15.2. The molecule has 0 radical (unpaired) electrons. The monoisotopic (exact) mass is 415 g/mol. The third kappa shape index (κ3) is 3.20. The quantitative estimate of drug-likeness (QED) is 0.512. The van der Waals surface area contributed by atoms with Gasteiger partial charge in [0.25, 0.3) is 0 Å². The molecule has 0 saturated carbocycles. The van der Waals surface area contributed by atoms with Gasteiger partial charge in [0.2, 0.25) is 17.4 Å². The van der Waals surface area contributed by atoms with Gasteiger partial charge in [-0.1, -0.05) is 60.1 Å². The SMILES string of the molecule is BC1(c2ccccc2Cl)OC(N)=C(OS(=O)(=O)C(B)(B)c2ccccc2)C1=O. The second kappa shape index (κ2) is 6.94. The summed E-state index contributed by atoms with van der Waals surface area (Å²) < 4.78 is 35.3. The summed E-state index contributed by atoms with van der Waals surface area (Å²) >= 11 is 6.19. The molecular weight excluding hydrogens is 398 g/mol. The average Bonchev–Trinajstić information content (AvgIpc) is 2.86. The van der Waals surface area contributed by atoms with Crippen LogP contribution in [0.15, 0.2) is 66.2 Å². The molecule has 142 valence electrons. The van der Waals surface area contributed by atoms with Crippen LogP contribution in [0.3, 0.4) is 0 Å². The Hall–Kier alpha value is -2.32. The number of rotatable bonds is 5. The Morgan fingerprint density at radius 2 is 1.64 bits per heavy atom. The zero-order chi connectivity index (χ0) is 20.7. The lowest BCUT2D eigenvalue weighted by molar-refractivity contribution is -0.126. The number of carbonyl (C=O) groups excluding carboxylic acids is 1. The van der Waals surface area contributed by atoms with E-state index in [1.807, 2.05) is 0 Å². The van der Waals surface area contributed by atoms with E-state index in [1.165, 1.54) is 23.5 Å². The molecule has 1 atom stereocenters.